The topological polar surface area (TPSA) is 29.5 Å². The molecule has 0 N–H and O–H groups in total. The van der Waals surface area contributed by atoms with Gasteiger partial charge in [0, 0.05) is 24.1 Å². The van der Waals surface area contributed by atoms with Crippen LogP contribution in [0.3, 0.4) is 0 Å². The molecule has 0 amide bonds. The Morgan fingerprint density at radius 3 is 2.57 bits per heavy atom. The Bertz CT molecular complexity index is 565. The predicted molar refractivity (Wildman–Crippen MR) is 96.2 cm³/mol. The average Bonchev–Trinajstić information content (AvgIpc) is 2.53. The number of hydrogen-bond donors (Lipinski definition) is 0. The zero-order chi connectivity index (χ0) is 15.5. The van der Waals surface area contributed by atoms with E-state index < -0.39 is 0 Å². The largest absolute Gasteiger partial charge is 0.492 e. The molecule has 0 spiro atoms. The van der Waals surface area contributed by atoms with Crippen molar-refractivity contribution in [2.45, 2.75) is 52.4 Å². The molecule has 1 aliphatic heterocycles. The summed E-state index contributed by atoms with van der Waals surface area (Å²) in [5.41, 5.74) is 4.40. The molecule has 0 aromatic heterocycles. The van der Waals surface area contributed by atoms with Crippen LogP contribution in [0.15, 0.2) is 6.07 Å². The summed E-state index contributed by atoms with van der Waals surface area (Å²) in [4.78, 5) is 14.8. The first-order chi connectivity index (χ1) is 10.7. The van der Waals surface area contributed by atoms with Crippen LogP contribution in [0.25, 0.3) is 0 Å². The van der Waals surface area contributed by atoms with Gasteiger partial charge in [0.25, 0.3) is 0 Å². The normalized spacial score (nSPS) is 18.3. The second-order valence-electron chi connectivity index (χ2n) is 6.70. The maximum absolute atomic E-state index is 12.3. The molecule has 0 bridgehead atoms. The van der Waals surface area contributed by atoms with Crippen molar-refractivity contribution in [2.24, 2.45) is 0 Å². The smallest absolute Gasteiger partial charge is 0.163 e. The molecule has 4 heteroatoms. The highest BCUT2D eigenvalue weighted by molar-refractivity contribution is 6.00. The molecule has 1 heterocycles. The second-order valence-corrected chi connectivity index (χ2v) is 6.70. The number of hydrogen-bond acceptors (Lipinski definition) is 3. The molecule has 0 saturated carbocycles. The summed E-state index contributed by atoms with van der Waals surface area (Å²) in [6.07, 6.45) is 6.60. The van der Waals surface area contributed by atoms with Gasteiger partial charge in [0.15, 0.2) is 5.78 Å². The highest BCUT2D eigenvalue weighted by atomic mass is 35.5. The number of carbonyl (C=O) groups is 1. The number of fused-ring (bicyclic) bond motifs is 1. The fraction of sp³-hybridized carbons (Fsp3) is 0.632. The Morgan fingerprint density at radius 2 is 1.83 bits per heavy atom. The maximum Gasteiger partial charge on any atom is 0.163 e. The Hall–Kier alpha value is -1.06. The van der Waals surface area contributed by atoms with Gasteiger partial charge in [0.1, 0.15) is 12.4 Å². The summed E-state index contributed by atoms with van der Waals surface area (Å²) < 4.78 is 6.10. The number of halogens is 1. The van der Waals surface area contributed by atoms with Gasteiger partial charge in [-0.3, -0.25) is 9.69 Å². The third-order valence-corrected chi connectivity index (χ3v) is 5.14. The Labute approximate surface area is 145 Å². The highest BCUT2D eigenvalue weighted by Crippen LogP contribution is 2.34. The van der Waals surface area contributed by atoms with Gasteiger partial charge in [-0.15, -0.1) is 12.4 Å². The van der Waals surface area contributed by atoms with Gasteiger partial charge in [0.2, 0.25) is 0 Å². The first-order valence-corrected chi connectivity index (χ1v) is 8.68. The molecule has 1 saturated heterocycles. The number of nitrogens with zero attached hydrogens (tertiary/aromatic N) is 1. The van der Waals surface area contributed by atoms with Crippen LogP contribution < -0.4 is 4.74 Å². The van der Waals surface area contributed by atoms with Crippen LogP contribution in [-0.4, -0.2) is 36.9 Å². The van der Waals surface area contributed by atoms with Gasteiger partial charge in [-0.05, 0) is 69.8 Å². The lowest BCUT2D eigenvalue weighted by molar-refractivity contribution is 0.0970. The van der Waals surface area contributed by atoms with Crippen LogP contribution in [0, 0.1) is 13.8 Å². The number of aryl methyl sites for hydroxylation is 1. The van der Waals surface area contributed by atoms with Gasteiger partial charge >= 0.3 is 0 Å². The Morgan fingerprint density at radius 1 is 1.09 bits per heavy atom. The summed E-state index contributed by atoms with van der Waals surface area (Å²) in [7, 11) is 0. The fourth-order valence-electron chi connectivity index (χ4n) is 3.71. The van der Waals surface area contributed by atoms with E-state index in [0.29, 0.717) is 12.2 Å². The molecule has 3 nitrogen and oxygen atoms in total. The van der Waals surface area contributed by atoms with Crippen LogP contribution >= 0.6 is 12.4 Å². The summed E-state index contributed by atoms with van der Waals surface area (Å²) >= 11 is 0. The molecular formula is C19H28ClNO2. The molecule has 128 valence electrons. The minimum absolute atomic E-state index is 0. The molecule has 2 aliphatic rings. The number of ether oxygens (including phenoxy) is 1. The van der Waals surface area contributed by atoms with Crippen LogP contribution in [0.5, 0.6) is 5.75 Å². The van der Waals surface area contributed by atoms with Gasteiger partial charge in [-0.25, -0.2) is 0 Å². The third-order valence-electron chi connectivity index (χ3n) is 5.14. The first-order valence-electron chi connectivity index (χ1n) is 8.68. The lowest BCUT2D eigenvalue weighted by Crippen LogP contribution is -2.33. The third kappa shape index (κ3) is 4.07. The summed E-state index contributed by atoms with van der Waals surface area (Å²) in [6, 6.07) is 2.13. The molecule has 1 aromatic carbocycles. The van der Waals surface area contributed by atoms with Crippen molar-refractivity contribution in [2.75, 3.05) is 26.2 Å². The standard InChI is InChI=1S/C19H27NO2.ClH/c1-14-13-18(22-12-11-20-9-4-3-5-10-20)16-7-6-8-17(21)19(16)15(14)2;/h13H,3-12H2,1-2H3;1H. The molecule has 3 rings (SSSR count). The van der Waals surface area contributed by atoms with E-state index in [0.717, 1.165) is 48.4 Å². The minimum Gasteiger partial charge on any atom is -0.492 e. The van der Waals surface area contributed by atoms with Crippen molar-refractivity contribution in [3.8, 4) is 5.75 Å². The summed E-state index contributed by atoms with van der Waals surface area (Å²) in [6.45, 7) is 8.27. The fourth-order valence-corrected chi connectivity index (χ4v) is 3.71. The second kappa shape index (κ2) is 8.16. The lowest BCUT2D eigenvalue weighted by atomic mass is 9.85. The number of carbonyl (C=O) groups excluding carboxylic acids is 1. The molecule has 0 atom stereocenters. The molecule has 1 aliphatic carbocycles. The number of benzene rings is 1. The molecule has 1 aromatic rings. The van der Waals surface area contributed by atoms with Gasteiger partial charge in [-0.2, -0.15) is 0 Å². The summed E-state index contributed by atoms with van der Waals surface area (Å²) in [5, 5.41) is 0. The van der Waals surface area contributed by atoms with Crippen molar-refractivity contribution in [3.63, 3.8) is 0 Å². The van der Waals surface area contributed by atoms with Crippen LogP contribution in [-0.2, 0) is 6.42 Å². The number of ketones is 1. The van der Waals surface area contributed by atoms with Crippen molar-refractivity contribution >= 4 is 18.2 Å². The monoisotopic (exact) mass is 337 g/mol. The predicted octanol–water partition coefficient (Wildman–Crippen LogP) is 4.11. The van der Waals surface area contributed by atoms with Crippen LogP contribution in [0.4, 0.5) is 0 Å². The van der Waals surface area contributed by atoms with E-state index in [2.05, 4.69) is 24.8 Å². The highest BCUT2D eigenvalue weighted by Gasteiger charge is 2.24. The number of piperidine rings is 1. The number of Topliss-reactive ketones (excluding diaryl/α,β-unsaturated/α-hetero) is 1. The van der Waals surface area contributed by atoms with Gasteiger partial charge in [-0.1, -0.05) is 6.42 Å². The molecular weight excluding hydrogens is 310 g/mol. The molecule has 23 heavy (non-hydrogen) atoms. The minimum atomic E-state index is 0. The molecule has 0 unspecified atom stereocenters. The first kappa shape index (κ1) is 18.3. The van der Waals surface area contributed by atoms with Crippen molar-refractivity contribution in [3.05, 3.63) is 28.3 Å². The van der Waals surface area contributed by atoms with E-state index in [9.17, 15) is 4.79 Å². The zero-order valence-corrected chi connectivity index (χ0v) is 15.1. The van der Waals surface area contributed by atoms with E-state index in [1.54, 1.807) is 0 Å². The van der Waals surface area contributed by atoms with E-state index in [1.807, 2.05) is 0 Å². The van der Waals surface area contributed by atoms with Crippen molar-refractivity contribution in [1.29, 1.82) is 0 Å². The van der Waals surface area contributed by atoms with Crippen LogP contribution in [0.1, 0.15) is 59.2 Å². The van der Waals surface area contributed by atoms with Crippen molar-refractivity contribution < 1.29 is 9.53 Å². The van der Waals surface area contributed by atoms with Crippen molar-refractivity contribution in [1.82, 2.24) is 4.90 Å². The lowest BCUT2D eigenvalue weighted by Gasteiger charge is -2.27. The van der Waals surface area contributed by atoms with Gasteiger partial charge in [0.05, 0.1) is 0 Å². The van der Waals surface area contributed by atoms with Crippen LogP contribution in [0.2, 0.25) is 0 Å². The average molecular weight is 338 g/mol. The van der Waals surface area contributed by atoms with E-state index in [-0.39, 0.29) is 12.4 Å². The van der Waals surface area contributed by atoms with Gasteiger partial charge < -0.3 is 4.74 Å². The molecule has 1 fully saturated rings. The van der Waals surface area contributed by atoms with E-state index in [1.165, 1.54) is 37.9 Å². The Balaban J connectivity index is 0.00000192. The zero-order valence-electron chi connectivity index (χ0n) is 14.3. The number of likely N-dealkylation sites (tertiary alicyclic amines) is 1. The molecule has 0 radical (unpaired) electrons. The SMILES string of the molecule is Cc1cc(OCCN2CCCCC2)c2c(c1C)C(=O)CCC2.Cl. The summed E-state index contributed by atoms with van der Waals surface area (Å²) in [5.74, 6) is 1.24. The quantitative estimate of drug-likeness (QED) is 0.828. The van der Waals surface area contributed by atoms with E-state index >= 15 is 0 Å². The number of rotatable bonds is 4. The maximum atomic E-state index is 12.3. The Kier molecular flexibility index (Phi) is 6.49. The van der Waals surface area contributed by atoms with E-state index in [4.69, 9.17) is 4.74 Å².